The minimum atomic E-state index is -0.250. The summed E-state index contributed by atoms with van der Waals surface area (Å²) < 4.78 is 5.33. The first kappa shape index (κ1) is 11.0. The number of likely N-dealkylation sites (N-methyl/N-ethyl adjacent to an activating group) is 1. The van der Waals surface area contributed by atoms with Gasteiger partial charge in [0, 0.05) is 14.2 Å². The van der Waals surface area contributed by atoms with Crippen LogP contribution in [0.25, 0.3) is 0 Å². The molecule has 1 unspecified atom stereocenters. The second kappa shape index (κ2) is 4.14. The third kappa shape index (κ3) is 1.55. The zero-order chi connectivity index (χ0) is 11.6. The van der Waals surface area contributed by atoms with Crippen molar-refractivity contribution in [3.8, 4) is 0 Å². The van der Waals surface area contributed by atoms with Crippen LogP contribution in [0.4, 0.5) is 0 Å². The van der Waals surface area contributed by atoms with Crippen LogP contribution < -0.4 is 5.73 Å². The Kier molecular flexibility index (Phi) is 2.83. The molecule has 2 N–H and O–H groups in total. The van der Waals surface area contributed by atoms with Crippen molar-refractivity contribution in [2.75, 3.05) is 27.3 Å². The highest BCUT2D eigenvalue weighted by Gasteiger charge is 2.41. The van der Waals surface area contributed by atoms with Gasteiger partial charge in [-0.25, -0.2) is 0 Å². The molecule has 0 aliphatic carbocycles. The van der Waals surface area contributed by atoms with Gasteiger partial charge in [-0.05, 0) is 5.56 Å². The molecule has 0 spiro atoms. The van der Waals surface area contributed by atoms with E-state index in [0.717, 1.165) is 0 Å². The fourth-order valence-electron chi connectivity index (χ4n) is 2.14. The molecule has 4 heteroatoms. The lowest BCUT2D eigenvalue weighted by Crippen LogP contribution is -2.49. The van der Waals surface area contributed by atoms with Gasteiger partial charge in [0.1, 0.15) is 5.54 Å². The summed E-state index contributed by atoms with van der Waals surface area (Å²) in [6.07, 6.45) is 0. The molecule has 16 heavy (non-hydrogen) atoms. The number of guanidine groups is 1. The zero-order valence-electron chi connectivity index (χ0n) is 9.68. The first-order valence-corrected chi connectivity index (χ1v) is 5.29. The van der Waals surface area contributed by atoms with Crippen LogP contribution in [0.1, 0.15) is 5.56 Å². The number of hydrogen-bond donors (Lipinski definition) is 1. The van der Waals surface area contributed by atoms with Crippen molar-refractivity contribution in [3.05, 3.63) is 35.9 Å². The topological polar surface area (TPSA) is 50.9 Å². The van der Waals surface area contributed by atoms with Crippen LogP contribution in [0.2, 0.25) is 0 Å². The van der Waals surface area contributed by atoms with E-state index in [1.165, 1.54) is 5.56 Å². The lowest BCUT2D eigenvalue weighted by atomic mass is 9.90. The fourth-order valence-corrected chi connectivity index (χ4v) is 2.14. The first-order chi connectivity index (χ1) is 7.70. The van der Waals surface area contributed by atoms with E-state index in [9.17, 15) is 0 Å². The van der Waals surface area contributed by atoms with Crippen LogP contribution in [0.5, 0.6) is 0 Å². The summed E-state index contributed by atoms with van der Waals surface area (Å²) in [5.74, 6) is 0.570. The summed E-state index contributed by atoms with van der Waals surface area (Å²) >= 11 is 0. The average Bonchev–Trinajstić information content (AvgIpc) is 2.60. The number of benzene rings is 1. The Morgan fingerprint density at radius 2 is 2.12 bits per heavy atom. The molecule has 1 aliphatic rings. The molecule has 1 aliphatic heterocycles. The Labute approximate surface area is 95.7 Å². The monoisotopic (exact) mass is 219 g/mol. The van der Waals surface area contributed by atoms with Crippen LogP contribution >= 0.6 is 0 Å². The molecule has 0 amide bonds. The highest BCUT2D eigenvalue weighted by atomic mass is 16.5. The van der Waals surface area contributed by atoms with E-state index >= 15 is 0 Å². The van der Waals surface area contributed by atoms with Crippen LogP contribution in [-0.2, 0) is 10.3 Å². The number of nitrogens with zero attached hydrogens (tertiary/aromatic N) is 2. The predicted molar refractivity (Wildman–Crippen MR) is 64.2 cm³/mol. The summed E-state index contributed by atoms with van der Waals surface area (Å²) in [5, 5.41) is 0. The standard InChI is InChI=1S/C12H17N3O/c1-15-11(13)14-8-12(15,9-16-2)10-6-4-3-5-7-10/h3-7H,8-9H2,1-2H3,(H2,13,14). The Bertz CT molecular complexity index is 391. The Balaban J connectivity index is 2.39. The van der Waals surface area contributed by atoms with Crippen molar-refractivity contribution in [2.45, 2.75) is 5.54 Å². The van der Waals surface area contributed by atoms with Crippen molar-refractivity contribution in [2.24, 2.45) is 10.7 Å². The molecule has 0 aromatic heterocycles. The zero-order valence-corrected chi connectivity index (χ0v) is 9.68. The second-order valence-electron chi connectivity index (χ2n) is 4.06. The summed E-state index contributed by atoms with van der Waals surface area (Å²) in [4.78, 5) is 6.30. The number of methoxy groups -OCH3 is 1. The summed E-state index contributed by atoms with van der Waals surface area (Å²) in [5.41, 5.74) is 6.78. The Morgan fingerprint density at radius 1 is 1.44 bits per heavy atom. The molecule has 1 aromatic carbocycles. The second-order valence-corrected chi connectivity index (χ2v) is 4.06. The summed E-state index contributed by atoms with van der Waals surface area (Å²) in [6.45, 7) is 1.23. The minimum Gasteiger partial charge on any atom is -0.382 e. The van der Waals surface area contributed by atoms with Crippen molar-refractivity contribution in [1.82, 2.24) is 4.90 Å². The minimum absolute atomic E-state index is 0.250. The van der Waals surface area contributed by atoms with Gasteiger partial charge in [0.2, 0.25) is 0 Å². The van der Waals surface area contributed by atoms with E-state index in [0.29, 0.717) is 19.1 Å². The Hall–Kier alpha value is -1.55. The third-order valence-corrected chi connectivity index (χ3v) is 3.18. The normalized spacial score (nSPS) is 24.6. The average molecular weight is 219 g/mol. The van der Waals surface area contributed by atoms with Gasteiger partial charge in [0.05, 0.1) is 13.2 Å². The predicted octanol–water partition coefficient (Wildman–Crippen LogP) is 0.788. The van der Waals surface area contributed by atoms with Crippen LogP contribution in [0, 0.1) is 0 Å². The van der Waals surface area contributed by atoms with Crippen LogP contribution in [0.3, 0.4) is 0 Å². The molecule has 4 nitrogen and oxygen atoms in total. The third-order valence-electron chi connectivity index (χ3n) is 3.18. The van der Waals surface area contributed by atoms with Crippen LogP contribution in [0.15, 0.2) is 35.3 Å². The summed E-state index contributed by atoms with van der Waals surface area (Å²) in [7, 11) is 3.66. The van der Waals surface area contributed by atoms with Gasteiger partial charge in [-0.15, -0.1) is 0 Å². The maximum Gasteiger partial charge on any atom is 0.191 e. The molecule has 0 fully saturated rings. The van der Waals surface area contributed by atoms with E-state index < -0.39 is 0 Å². The molecule has 86 valence electrons. The molecule has 1 aromatic rings. The number of aliphatic imine (C=N–C) groups is 1. The molecule has 1 atom stereocenters. The lowest BCUT2D eigenvalue weighted by Gasteiger charge is -2.36. The van der Waals surface area contributed by atoms with E-state index in [1.54, 1.807) is 7.11 Å². The van der Waals surface area contributed by atoms with Crippen molar-refractivity contribution < 1.29 is 4.74 Å². The molecular weight excluding hydrogens is 202 g/mol. The number of nitrogens with two attached hydrogens (primary N) is 1. The van der Waals surface area contributed by atoms with Gasteiger partial charge >= 0.3 is 0 Å². The van der Waals surface area contributed by atoms with Crippen molar-refractivity contribution in [1.29, 1.82) is 0 Å². The SMILES string of the molecule is COCC1(c2ccccc2)CN=C(N)N1C. The van der Waals surface area contributed by atoms with Gasteiger partial charge in [0.25, 0.3) is 0 Å². The fraction of sp³-hybridized carbons (Fsp3) is 0.417. The molecular formula is C12H17N3O. The highest BCUT2D eigenvalue weighted by molar-refractivity contribution is 5.81. The van der Waals surface area contributed by atoms with E-state index in [-0.39, 0.29) is 5.54 Å². The number of hydrogen-bond acceptors (Lipinski definition) is 4. The number of ether oxygens (including phenoxy) is 1. The van der Waals surface area contributed by atoms with Gasteiger partial charge in [-0.3, -0.25) is 4.99 Å². The van der Waals surface area contributed by atoms with E-state index in [4.69, 9.17) is 10.5 Å². The van der Waals surface area contributed by atoms with Crippen LogP contribution in [-0.4, -0.2) is 38.2 Å². The maximum absolute atomic E-state index is 5.84. The van der Waals surface area contributed by atoms with E-state index in [1.807, 2.05) is 30.1 Å². The van der Waals surface area contributed by atoms with Gasteiger partial charge in [-0.2, -0.15) is 0 Å². The van der Waals surface area contributed by atoms with Gasteiger partial charge in [0.15, 0.2) is 5.96 Å². The molecule has 0 saturated heterocycles. The molecule has 1 heterocycles. The number of rotatable bonds is 3. The van der Waals surface area contributed by atoms with Crippen molar-refractivity contribution >= 4 is 5.96 Å². The van der Waals surface area contributed by atoms with Gasteiger partial charge in [-0.1, -0.05) is 30.3 Å². The first-order valence-electron chi connectivity index (χ1n) is 5.29. The smallest absolute Gasteiger partial charge is 0.191 e. The Morgan fingerprint density at radius 3 is 2.62 bits per heavy atom. The highest BCUT2D eigenvalue weighted by Crippen LogP contribution is 2.31. The van der Waals surface area contributed by atoms with E-state index in [2.05, 4.69) is 17.1 Å². The maximum atomic E-state index is 5.84. The molecule has 2 rings (SSSR count). The molecule has 0 saturated carbocycles. The quantitative estimate of drug-likeness (QED) is 0.817. The molecule has 0 bridgehead atoms. The summed E-state index contributed by atoms with van der Waals surface area (Å²) in [6, 6.07) is 10.2. The van der Waals surface area contributed by atoms with Crippen molar-refractivity contribution in [3.63, 3.8) is 0 Å². The lowest BCUT2D eigenvalue weighted by molar-refractivity contribution is 0.0765. The van der Waals surface area contributed by atoms with Gasteiger partial charge < -0.3 is 15.4 Å². The molecule has 0 radical (unpaired) electrons. The largest absolute Gasteiger partial charge is 0.382 e.